The summed E-state index contributed by atoms with van der Waals surface area (Å²) in [5.41, 5.74) is 1.55. The highest BCUT2D eigenvalue weighted by atomic mass is 16.5. The zero-order valence-corrected chi connectivity index (χ0v) is 14.6. The maximum atomic E-state index is 11.5. The molecule has 2 saturated carbocycles. The third kappa shape index (κ3) is 3.40. The zero-order valence-electron chi connectivity index (χ0n) is 14.6. The van der Waals surface area contributed by atoms with Gasteiger partial charge in [0.25, 0.3) is 0 Å². The molecule has 0 saturated heterocycles. The minimum Gasteiger partial charge on any atom is -0.466 e. The molecule has 126 valence electrons. The number of esters is 1. The van der Waals surface area contributed by atoms with Crippen LogP contribution < -0.4 is 0 Å². The number of fused-ring (bicyclic) bond motifs is 1. The smallest absolute Gasteiger partial charge is 0.309 e. The number of carbonyl (C=O) groups excluding carboxylic acids is 1. The van der Waals surface area contributed by atoms with Gasteiger partial charge in [0.2, 0.25) is 0 Å². The Hall–Kier alpha value is -0.830. The Kier molecular flexibility index (Phi) is 5.70. The van der Waals surface area contributed by atoms with Crippen molar-refractivity contribution in [3.8, 4) is 0 Å². The minimum atomic E-state index is -0.141. The van der Waals surface area contributed by atoms with Crippen molar-refractivity contribution in [3.05, 3.63) is 11.6 Å². The summed E-state index contributed by atoms with van der Waals surface area (Å²) in [7, 11) is 0. The first-order valence-electron chi connectivity index (χ1n) is 8.90. The lowest BCUT2D eigenvalue weighted by atomic mass is 9.61. The van der Waals surface area contributed by atoms with Gasteiger partial charge in [-0.1, -0.05) is 31.9 Å². The second-order valence-corrected chi connectivity index (χ2v) is 7.50. The van der Waals surface area contributed by atoms with Crippen LogP contribution >= 0.6 is 0 Å². The van der Waals surface area contributed by atoms with Crippen molar-refractivity contribution in [1.29, 1.82) is 0 Å². The van der Waals surface area contributed by atoms with Gasteiger partial charge in [-0.25, -0.2) is 0 Å². The van der Waals surface area contributed by atoms with Crippen LogP contribution in [0, 0.1) is 23.2 Å². The van der Waals surface area contributed by atoms with E-state index in [1.54, 1.807) is 0 Å². The number of aliphatic hydroxyl groups excluding tert-OH is 1. The summed E-state index contributed by atoms with van der Waals surface area (Å²) in [6, 6.07) is 0. The molecule has 0 aromatic heterocycles. The molecule has 0 spiro atoms. The molecule has 0 aromatic rings. The van der Waals surface area contributed by atoms with Crippen LogP contribution in [0.3, 0.4) is 0 Å². The summed E-state index contributed by atoms with van der Waals surface area (Å²) >= 11 is 0. The number of hydrogen-bond donors (Lipinski definition) is 1. The van der Waals surface area contributed by atoms with Gasteiger partial charge in [-0.15, -0.1) is 0 Å². The monoisotopic (exact) mass is 308 g/mol. The first-order chi connectivity index (χ1) is 10.4. The van der Waals surface area contributed by atoms with E-state index in [1.807, 2.05) is 13.0 Å². The molecule has 0 amide bonds. The molecule has 2 unspecified atom stereocenters. The van der Waals surface area contributed by atoms with E-state index in [-0.39, 0.29) is 17.5 Å². The Bertz CT molecular complexity index is 428. The summed E-state index contributed by atoms with van der Waals surface area (Å²) in [5, 5.41) is 10.3. The molecule has 0 bridgehead atoms. The highest BCUT2D eigenvalue weighted by Gasteiger charge is 2.52. The highest BCUT2D eigenvalue weighted by molar-refractivity contribution is 5.71. The summed E-state index contributed by atoms with van der Waals surface area (Å²) in [6.45, 7) is 9.09. The molecular weight excluding hydrogens is 276 g/mol. The van der Waals surface area contributed by atoms with Crippen molar-refractivity contribution >= 4 is 5.97 Å². The number of aliphatic hydroxyl groups is 1. The molecule has 1 N–H and O–H groups in total. The number of hydrogen-bond acceptors (Lipinski definition) is 3. The van der Waals surface area contributed by atoms with Gasteiger partial charge in [0.05, 0.1) is 19.1 Å². The molecule has 2 aliphatic rings. The average molecular weight is 308 g/mol. The fourth-order valence-electron chi connectivity index (χ4n) is 4.98. The summed E-state index contributed by atoms with van der Waals surface area (Å²) in [5.74, 6) is 1.41. The van der Waals surface area contributed by atoms with Gasteiger partial charge in [-0.05, 0) is 62.7 Å². The average Bonchev–Trinajstić information content (AvgIpc) is 2.83. The molecule has 22 heavy (non-hydrogen) atoms. The summed E-state index contributed by atoms with van der Waals surface area (Å²) in [4.78, 5) is 11.5. The van der Waals surface area contributed by atoms with E-state index in [2.05, 4.69) is 20.8 Å². The molecule has 3 heteroatoms. The summed E-state index contributed by atoms with van der Waals surface area (Å²) in [6.07, 6.45) is 8.00. The largest absolute Gasteiger partial charge is 0.466 e. The lowest BCUT2D eigenvalue weighted by molar-refractivity contribution is -0.142. The third-order valence-corrected chi connectivity index (χ3v) is 6.38. The van der Waals surface area contributed by atoms with Crippen LogP contribution in [-0.4, -0.2) is 23.8 Å². The molecular formula is C19H32O3. The van der Waals surface area contributed by atoms with Crippen LogP contribution in [0.4, 0.5) is 0 Å². The van der Waals surface area contributed by atoms with E-state index in [0.717, 1.165) is 19.3 Å². The van der Waals surface area contributed by atoms with Gasteiger partial charge in [-0.2, -0.15) is 0 Å². The molecule has 0 radical (unpaired) electrons. The molecule has 2 fully saturated rings. The number of rotatable bonds is 5. The van der Waals surface area contributed by atoms with Gasteiger partial charge < -0.3 is 9.84 Å². The van der Waals surface area contributed by atoms with Crippen molar-refractivity contribution < 1.29 is 14.6 Å². The topological polar surface area (TPSA) is 46.5 Å². The Morgan fingerprint density at radius 3 is 2.82 bits per heavy atom. The maximum Gasteiger partial charge on any atom is 0.309 e. The van der Waals surface area contributed by atoms with Crippen LogP contribution in [0.1, 0.15) is 66.2 Å². The molecule has 2 rings (SSSR count). The molecule has 5 atom stereocenters. The lowest BCUT2D eigenvalue weighted by Gasteiger charge is -2.45. The van der Waals surface area contributed by atoms with E-state index in [1.165, 1.54) is 18.4 Å². The Morgan fingerprint density at radius 1 is 1.41 bits per heavy atom. The van der Waals surface area contributed by atoms with Crippen molar-refractivity contribution in [2.24, 2.45) is 23.2 Å². The highest BCUT2D eigenvalue weighted by Crippen LogP contribution is 2.58. The SMILES string of the molecule is CCOC(=O)C/C=C(\C)[C@@H](C)C1CCC2[C@@H](O)CCC[C@]12C. The first-order valence-corrected chi connectivity index (χ1v) is 8.90. The summed E-state index contributed by atoms with van der Waals surface area (Å²) < 4.78 is 5.00. The fourth-order valence-corrected chi connectivity index (χ4v) is 4.98. The zero-order chi connectivity index (χ0) is 16.3. The second kappa shape index (κ2) is 7.16. The van der Waals surface area contributed by atoms with Gasteiger partial charge in [0.15, 0.2) is 0 Å². The first kappa shape index (κ1) is 17.5. The van der Waals surface area contributed by atoms with Crippen LogP contribution in [0.25, 0.3) is 0 Å². The normalized spacial score (nSPS) is 36.8. The minimum absolute atomic E-state index is 0.111. The fraction of sp³-hybridized carbons (Fsp3) is 0.842. The predicted molar refractivity (Wildman–Crippen MR) is 88.3 cm³/mol. The number of ether oxygens (including phenoxy) is 1. The number of carbonyl (C=O) groups is 1. The Morgan fingerprint density at radius 2 is 2.14 bits per heavy atom. The van der Waals surface area contributed by atoms with E-state index >= 15 is 0 Å². The Balaban J connectivity index is 2.04. The van der Waals surface area contributed by atoms with Crippen molar-refractivity contribution in [2.45, 2.75) is 72.3 Å². The molecule has 2 aliphatic carbocycles. The van der Waals surface area contributed by atoms with Crippen LogP contribution in [0.5, 0.6) is 0 Å². The molecule has 0 heterocycles. The van der Waals surface area contributed by atoms with Crippen LogP contribution in [-0.2, 0) is 9.53 Å². The van der Waals surface area contributed by atoms with Crippen molar-refractivity contribution in [1.82, 2.24) is 0 Å². The number of allylic oxidation sites excluding steroid dienone is 1. The van der Waals surface area contributed by atoms with E-state index in [9.17, 15) is 9.90 Å². The maximum absolute atomic E-state index is 11.5. The van der Waals surface area contributed by atoms with Crippen LogP contribution in [0.15, 0.2) is 11.6 Å². The standard InChI is InChI=1S/C19H32O3/c1-5-22-18(21)11-8-13(2)14(3)15-9-10-16-17(20)7-6-12-19(15,16)4/h8,14-17,20H,5-7,9-12H2,1-4H3/b13-8+/t14-,15?,16?,17+,19-/m1/s1. The van der Waals surface area contributed by atoms with Gasteiger partial charge >= 0.3 is 5.97 Å². The quantitative estimate of drug-likeness (QED) is 0.614. The Labute approximate surface area is 135 Å². The lowest BCUT2D eigenvalue weighted by Crippen LogP contribution is -2.41. The van der Waals surface area contributed by atoms with E-state index in [4.69, 9.17) is 4.74 Å². The van der Waals surface area contributed by atoms with Gasteiger partial charge in [-0.3, -0.25) is 4.79 Å². The van der Waals surface area contributed by atoms with Crippen molar-refractivity contribution in [3.63, 3.8) is 0 Å². The van der Waals surface area contributed by atoms with Gasteiger partial charge in [0.1, 0.15) is 0 Å². The van der Waals surface area contributed by atoms with Crippen LogP contribution in [0.2, 0.25) is 0 Å². The van der Waals surface area contributed by atoms with E-state index < -0.39 is 0 Å². The molecule has 0 aliphatic heterocycles. The van der Waals surface area contributed by atoms with Crippen molar-refractivity contribution in [2.75, 3.05) is 6.61 Å². The third-order valence-electron chi connectivity index (χ3n) is 6.38. The molecule has 3 nitrogen and oxygen atoms in total. The predicted octanol–water partition coefficient (Wildman–Crippen LogP) is 4.10. The second-order valence-electron chi connectivity index (χ2n) is 7.50. The molecule has 0 aromatic carbocycles. The van der Waals surface area contributed by atoms with Gasteiger partial charge in [0, 0.05) is 0 Å². The van der Waals surface area contributed by atoms with E-state index in [0.29, 0.717) is 30.8 Å².